The van der Waals surface area contributed by atoms with Gasteiger partial charge < -0.3 is 34.3 Å². The standard InChI is InChI=1S/C20H18O9/c1-19-13-8(7-21)5-11(27-4)16(24)17(13)28-20(2,29-19)14-12(18(19)25)10(26-3)6-9(22)15(14)23/h5-7,22-24H,1-4H3/t19-,20-/m1/s1. The third-order valence-corrected chi connectivity index (χ3v) is 5.35. The Labute approximate surface area is 165 Å². The average Bonchev–Trinajstić information content (AvgIpc) is 2.68. The molecule has 0 aromatic heterocycles. The second kappa shape index (κ2) is 5.77. The third kappa shape index (κ3) is 2.18. The van der Waals surface area contributed by atoms with E-state index >= 15 is 0 Å². The molecule has 0 spiro atoms. The summed E-state index contributed by atoms with van der Waals surface area (Å²) in [6.45, 7) is 2.84. The maximum Gasteiger partial charge on any atom is 0.240 e. The highest BCUT2D eigenvalue weighted by atomic mass is 16.7. The van der Waals surface area contributed by atoms with Crippen LogP contribution in [0.15, 0.2) is 12.1 Å². The van der Waals surface area contributed by atoms with E-state index in [1.807, 2.05) is 0 Å². The van der Waals surface area contributed by atoms with Gasteiger partial charge in [-0.2, -0.15) is 0 Å². The van der Waals surface area contributed by atoms with Gasteiger partial charge in [-0.1, -0.05) is 0 Å². The van der Waals surface area contributed by atoms with Gasteiger partial charge in [0.1, 0.15) is 5.75 Å². The van der Waals surface area contributed by atoms with Crippen LogP contribution in [-0.2, 0) is 16.1 Å². The molecule has 0 saturated carbocycles. The van der Waals surface area contributed by atoms with Crippen molar-refractivity contribution in [1.82, 2.24) is 0 Å². The zero-order valence-corrected chi connectivity index (χ0v) is 16.0. The quantitative estimate of drug-likeness (QED) is 0.523. The van der Waals surface area contributed by atoms with Crippen molar-refractivity contribution in [2.24, 2.45) is 0 Å². The summed E-state index contributed by atoms with van der Waals surface area (Å²) in [5, 5.41) is 31.2. The van der Waals surface area contributed by atoms with Gasteiger partial charge in [-0.3, -0.25) is 9.59 Å². The summed E-state index contributed by atoms with van der Waals surface area (Å²) in [5.74, 6) is -4.28. The Bertz CT molecular complexity index is 1090. The molecule has 2 bridgehead atoms. The molecule has 4 rings (SSSR count). The minimum Gasteiger partial charge on any atom is -0.504 e. The van der Waals surface area contributed by atoms with E-state index < -0.39 is 34.4 Å². The first-order valence-electron chi connectivity index (χ1n) is 8.60. The van der Waals surface area contributed by atoms with Crippen LogP contribution in [0.5, 0.6) is 34.5 Å². The Morgan fingerprint density at radius 3 is 2.24 bits per heavy atom. The van der Waals surface area contributed by atoms with E-state index in [4.69, 9.17) is 18.9 Å². The summed E-state index contributed by atoms with van der Waals surface area (Å²) in [6, 6.07) is 2.38. The van der Waals surface area contributed by atoms with Crippen molar-refractivity contribution in [2.45, 2.75) is 25.2 Å². The fourth-order valence-corrected chi connectivity index (χ4v) is 4.10. The Morgan fingerprint density at radius 2 is 1.66 bits per heavy atom. The van der Waals surface area contributed by atoms with E-state index in [-0.39, 0.29) is 39.5 Å². The molecule has 3 N–H and O–H groups in total. The molecule has 0 unspecified atom stereocenters. The highest BCUT2D eigenvalue weighted by molar-refractivity contribution is 6.10. The zero-order chi connectivity index (χ0) is 21.3. The Morgan fingerprint density at radius 1 is 1.00 bits per heavy atom. The maximum absolute atomic E-state index is 13.5. The summed E-state index contributed by atoms with van der Waals surface area (Å²) in [7, 11) is 2.60. The number of methoxy groups -OCH3 is 2. The molecule has 0 fully saturated rings. The topological polar surface area (TPSA) is 132 Å². The molecule has 2 aromatic carbocycles. The number of phenolic OH excluding ortho intramolecular Hbond substituents is 3. The molecule has 9 nitrogen and oxygen atoms in total. The number of aromatic hydroxyl groups is 3. The molecule has 152 valence electrons. The molecule has 29 heavy (non-hydrogen) atoms. The van der Waals surface area contributed by atoms with E-state index in [1.165, 1.54) is 34.1 Å². The second-order valence-electron chi connectivity index (χ2n) is 7.05. The molecule has 2 heterocycles. The SMILES string of the molecule is COc1cc(C=O)c2c(c1O)O[C@]1(C)O[C@@]2(C)C(=O)c2c(OC)cc(O)c(O)c21. The molecule has 0 radical (unpaired) electrons. The Balaban J connectivity index is 2.14. The first-order chi connectivity index (χ1) is 13.6. The van der Waals surface area contributed by atoms with Gasteiger partial charge in [0, 0.05) is 24.1 Å². The summed E-state index contributed by atoms with van der Waals surface area (Å²) in [5.41, 5.74) is -1.92. The Kier molecular flexibility index (Phi) is 3.76. The predicted molar refractivity (Wildman–Crippen MR) is 97.1 cm³/mol. The minimum absolute atomic E-state index is 0.00140. The molecule has 0 aliphatic carbocycles. The number of hydrogen-bond donors (Lipinski definition) is 3. The molecular formula is C20H18O9. The molecular weight excluding hydrogens is 384 g/mol. The van der Waals surface area contributed by atoms with E-state index in [1.54, 1.807) is 0 Å². The number of rotatable bonds is 3. The molecule has 2 aromatic rings. The van der Waals surface area contributed by atoms with E-state index in [2.05, 4.69) is 0 Å². The molecule has 0 amide bonds. The Hall–Kier alpha value is -3.46. The lowest BCUT2D eigenvalue weighted by Crippen LogP contribution is -2.55. The van der Waals surface area contributed by atoms with Crippen LogP contribution in [-0.4, -0.2) is 41.6 Å². The van der Waals surface area contributed by atoms with Crippen molar-refractivity contribution < 1.29 is 43.9 Å². The van der Waals surface area contributed by atoms with Gasteiger partial charge >= 0.3 is 0 Å². The van der Waals surface area contributed by atoms with Gasteiger partial charge in [0.15, 0.2) is 34.9 Å². The zero-order valence-electron chi connectivity index (χ0n) is 16.0. The maximum atomic E-state index is 13.5. The van der Waals surface area contributed by atoms with Crippen LogP contribution in [0, 0.1) is 0 Å². The van der Waals surface area contributed by atoms with Crippen molar-refractivity contribution in [1.29, 1.82) is 0 Å². The van der Waals surface area contributed by atoms with Crippen LogP contribution >= 0.6 is 0 Å². The van der Waals surface area contributed by atoms with Crippen molar-refractivity contribution in [3.63, 3.8) is 0 Å². The number of phenols is 3. The van der Waals surface area contributed by atoms with E-state index in [0.717, 1.165) is 6.07 Å². The van der Waals surface area contributed by atoms with E-state index in [0.29, 0.717) is 6.29 Å². The van der Waals surface area contributed by atoms with Crippen LogP contribution in [0.3, 0.4) is 0 Å². The molecule has 2 aliphatic rings. The van der Waals surface area contributed by atoms with Gasteiger partial charge in [-0.05, 0) is 13.0 Å². The fourth-order valence-electron chi connectivity index (χ4n) is 4.10. The fraction of sp³-hybridized carbons (Fsp3) is 0.300. The summed E-state index contributed by atoms with van der Waals surface area (Å²) in [6.07, 6.45) is 0.496. The van der Waals surface area contributed by atoms with Crippen molar-refractivity contribution in [2.75, 3.05) is 14.2 Å². The molecule has 2 atom stereocenters. The van der Waals surface area contributed by atoms with Gasteiger partial charge in [-0.25, -0.2) is 0 Å². The van der Waals surface area contributed by atoms with Crippen molar-refractivity contribution in [3.05, 3.63) is 34.4 Å². The number of hydrogen-bond acceptors (Lipinski definition) is 9. The monoisotopic (exact) mass is 402 g/mol. The number of Topliss-reactive ketones (excluding diaryl/α,β-unsaturated/α-hetero) is 1. The smallest absolute Gasteiger partial charge is 0.240 e. The van der Waals surface area contributed by atoms with Crippen molar-refractivity contribution in [3.8, 4) is 34.5 Å². The minimum atomic E-state index is -1.80. The van der Waals surface area contributed by atoms with E-state index in [9.17, 15) is 24.9 Å². The van der Waals surface area contributed by atoms with Crippen LogP contribution in [0.4, 0.5) is 0 Å². The predicted octanol–water partition coefficient (Wildman–Crippen LogP) is 2.33. The number of aldehydes is 1. The lowest BCUT2D eigenvalue weighted by Gasteiger charge is -2.49. The summed E-state index contributed by atoms with van der Waals surface area (Å²) >= 11 is 0. The van der Waals surface area contributed by atoms with Gasteiger partial charge in [0.05, 0.1) is 25.3 Å². The highest BCUT2D eigenvalue weighted by Crippen LogP contribution is 2.60. The normalized spacial score (nSPS) is 24.2. The summed E-state index contributed by atoms with van der Waals surface area (Å²) < 4.78 is 22.2. The molecule has 9 heteroatoms. The second-order valence-corrected chi connectivity index (χ2v) is 7.05. The number of ketones is 1. The number of carbonyl (C=O) groups is 2. The summed E-state index contributed by atoms with van der Waals surface area (Å²) in [4.78, 5) is 25.3. The van der Waals surface area contributed by atoms with Gasteiger partial charge in [-0.15, -0.1) is 0 Å². The van der Waals surface area contributed by atoms with Crippen LogP contribution in [0.1, 0.15) is 45.7 Å². The van der Waals surface area contributed by atoms with Crippen LogP contribution < -0.4 is 14.2 Å². The number of carbonyl (C=O) groups excluding carboxylic acids is 2. The first-order valence-corrected chi connectivity index (χ1v) is 8.60. The number of fused-ring (bicyclic) bond motifs is 6. The largest absolute Gasteiger partial charge is 0.504 e. The van der Waals surface area contributed by atoms with Crippen LogP contribution in [0.2, 0.25) is 0 Å². The third-order valence-electron chi connectivity index (χ3n) is 5.35. The van der Waals surface area contributed by atoms with Gasteiger partial charge in [0.25, 0.3) is 0 Å². The number of benzene rings is 2. The van der Waals surface area contributed by atoms with Gasteiger partial charge in [0.2, 0.25) is 17.3 Å². The lowest BCUT2D eigenvalue weighted by molar-refractivity contribution is -0.255. The molecule has 2 aliphatic heterocycles. The number of ether oxygens (including phenoxy) is 4. The van der Waals surface area contributed by atoms with Crippen LogP contribution in [0.25, 0.3) is 0 Å². The molecule has 0 saturated heterocycles. The van der Waals surface area contributed by atoms with Crippen molar-refractivity contribution >= 4 is 12.1 Å². The first kappa shape index (κ1) is 18.9. The average molecular weight is 402 g/mol. The highest BCUT2D eigenvalue weighted by Gasteiger charge is 2.60. The lowest BCUT2D eigenvalue weighted by atomic mass is 9.76.